The maximum atomic E-state index is 12.1. The zero-order valence-corrected chi connectivity index (χ0v) is 13.9. The first-order valence-corrected chi connectivity index (χ1v) is 7.91. The van der Waals surface area contributed by atoms with Crippen molar-refractivity contribution >= 4 is 5.91 Å². The van der Waals surface area contributed by atoms with Crippen LogP contribution in [0.1, 0.15) is 45.4 Å². The molecule has 0 saturated carbocycles. The minimum Gasteiger partial charge on any atom is -0.356 e. The van der Waals surface area contributed by atoms with Gasteiger partial charge in [0.2, 0.25) is 0 Å². The fraction of sp³-hybridized carbons (Fsp3) is 0.765. The smallest absolute Gasteiger partial charge is 0.250 e. The fourth-order valence-corrected chi connectivity index (χ4v) is 2.30. The Morgan fingerprint density at radius 2 is 2.14 bits per heavy atom. The lowest BCUT2D eigenvalue weighted by Gasteiger charge is -2.34. The summed E-state index contributed by atoms with van der Waals surface area (Å²) >= 11 is 0. The molecule has 4 heteroatoms. The summed E-state index contributed by atoms with van der Waals surface area (Å²) in [5, 5.41) is 3.05. The third-order valence-corrected chi connectivity index (χ3v) is 3.67. The molecule has 0 bridgehead atoms. The van der Waals surface area contributed by atoms with Gasteiger partial charge in [-0.15, -0.1) is 5.92 Å². The zero-order valence-electron chi connectivity index (χ0n) is 13.9. The van der Waals surface area contributed by atoms with E-state index in [1.165, 1.54) is 12.8 Å². The molecule has 1 aliphatic carbocycles. The highest BCUT2D eigenvalue weighted by Crippen LogP contribution is 2.11. The molecule has 0 heterocycles. The number of ether oxygens (including phenoxy) is 1. The molecule has 1 amide bonds. The van der Waals surface area contributed by atoms with Crippen LogP contribution in [-0.4, -0.2) is 50.4 Å². The minimum atomic E-state index is -0.0867. The molecule has 21 heavy (non-hydrogen) atoms. The van der Waals surface area contributed by atoms with Crippen molar-refractivity contribution in [2.75, 3.05) is 27.7 Å². The largest absolute Gasteiger partial charge is 0.356 e. The molecule has 0 saturated heterocycles. The van der Waals surface area contributed by atoms with E-state index in [0.29, 0.717) is 4.48 Å². The Morgan fingerprint density at radius 3 is 2.81 bits per heavy atom. The third-order valence-electron chi connectivity index (χ3n) is 3.67. The van der Waals surface area contributed by atoms with Gasteiger partial charge in [0.25, 0.3) is 5.91 Å². The molecule has 2 unspecified atom stereocenters. The molecule has 1 radical (unpaired) electrons. The van der Waals surface area contributed by atoms with Crippen LogP contribution in [0.15, 0.2) is 0 Å². The van der Waals surface area contributed by atoms with Crippen molar-refractivity contribution in [2.45, 2.75) is 57.7 Å². The number of carbonyl (C=O) groups excluding carboxylic acids is 1. The summed E-state index contributed by atoms with van der Waals surface area (Å²) in [5.74, 6) is 6.20. The molecule has 0 spiro atoms. The average molecular weight is 294 g/mol. The summed E-state index contributed by atoms with van der Waals surface area (Å²) in [6.07, 6.45) is 8.31. The van der Waals surface area contributed by atoms with Crippen molar-refractivity contribution in [2.24, 2.45) is 0 Å². The monoisotopic (exact) mass is 294 g/mol. The molecular formula is C17H30N2O2+. The number of nitrogens with zero attached hydrogens (tertiary/aromatic N) is 1. The van der Waals surface area contributed by atoms with Crippen LogP contribution >= 0.6 is 0 Å². The number of amides is 1. The van der Waals surface area contributed by atoms with Gasteiger partial charge < -0.3 is 14.5 Å². The van der Waals surface area contributed by atoms with Crippen molar-refractivity contribution in [3.05, 3.63) is 6.42 Å². The normalized spacial score (nSPS) is 20.7. The highest BCUT2D eigenvalue weighted by molar-refractivity contribution is 5.77. The van der Waals surface area contributed by atoms with E-state index in [9.17, 15) is 4.79 Å². The third kappa shape index (κ3) is 7.50. The van der Waals surface area contributed by atoms with E-state index in [1.54, 1.807) is 0 Å². The van der Waals surface area contributed by atoms with E-state index in [4.69, 9.17) is 4.74 Å². The van der Waals surface area contributed by atoms with Gasteiger partial charge in [0, 0.05) is 12.8 Å². The van der Waals surface area contributed by atoms with Crippen LogP contribution in [0.2, 0.25) is 0 Å². The standard InChI is InChI=1S/C17H29N2O2/c1-5-11-16(19(2,3)4)18-17(20)14-21-15-12-9-7-6-8-10-13-15/h5,15-16H,6-9,11-12,14H2,1-4H3/p+1. The predicted octanol–water partition coefficient (Wildman–Crippen LogP) is 2.10. The quantitative estimate of drug-likeness (QED) is 0.444. The molecule has 2 atom stereocenters. The topological polar surface area (TPSA) is 38.3 Å². The van der Waals surface area contributed by atoms with Crippen LogP contribution in [-0.2, 0) is 9.53 Å². The summed E-state index contributed by atoms with van der Waals surface area (Å²) in [7, 11) is 6.24. The first-order valence-electron chi connectivity index (χ1n) is 7.91. The van der Waals surface area contributed by atoms with Gasteiger partial charge in [-0.3, -0.25) is 4.79 Å². The van der Waals surface area contributed by atoms with E-state index in [1.807, 2.05) is 6.92 Å². The van der Waals surface area contributed by atoms with Crippen molar-refractivity contribution in [3.8, 4) is 11.8 Å². The zero-order chi connectivity index (χ0) is 15.7. The van der Waals surface area contributed by atoms with Gasteiger partial charge in [0.05, 0.1) is 21.1 Å². The Labute approximate surface area is 129 Å². The Morgan fingerprint density at radius 1 is 1.38 bits per heavy atom. The molecule has 0 aromatic heterocycles. The van der Waals surface area contributed by atoms with Gasteiger partial charge in [-0.1, -0.05) is 19.3 Å². The fourth-order valence-electron chi connectivity index (χ4n) is 2.30. The maximum Gasteiger partial charge on any atom is 0.250 e. The Balaban J connectivity index is 2.41. The van der Waals surface area contributed by atoms with E-state index >= 15 is 0 Å². The minimum absolute atomic E-state index is 0.0567. The maximum absolute atomic E-state index is 12.1. The van der Waals surface area contributed by atoms with Crippen LogP contribution in [0.3, 0.4) is 0 Å². The molecule has 1 rings (SSSR count). The summed E-state index contributed by atoms with van der Waals surface area (Å²) < 4.78 is 6.36. The van der Waals surface area contributed by atoms with Crippen molar-refractivity contribution < 1.29 is 14.0 Å². The molecule has 1 N–H and O–H groups in total. The molecule has 0 aliphatic heterocycles. The number of quaternary nitrogens is 1. The number of nitrogens with one attached hydrogen (secondary N) is 1. The average Bonchev–Trinajstić information content (AvgIpc) is 2.36. The second-order valence-corrected chi connectivity index (χ2v) is 6.56. The van der Waals surface area contributed by atoms with Gasteiger partial charge in [-0.2, -0.15) is 0 Å². The van der Waals surface area contributed by atoms with Crippen LogP contribution in [0, 0.1) is 18.3 Å². The summed E-state index contributed by atoms with van der Waals surface area (Å²) in [6, 6.07) is 0. The second kappa shape index (κ2) is 9.07. The summed E-state index contributed by atoms with van der Waals surface area (Å²) in [5.41, 5.74) is 0. The summed E-state index contributed by atoms with van der Waals surface area (Å²) in [6.45, 7) is 2.11. The van der Waals surface area contributed by atoms with E-state index in [2.05, 4.69) is 44.7 Å². The second-order valence-electron chi connectivity index (χ2n) is 6.56. The molecule has 0 aromatic rings. The lowest BCUT2D eigenvalue weighted by atomic mass is 10.1. The van der Waals surface area contributed by atoms with Gasteiger partial charge >= 0.3 is 0 Å². The van der Waals surface area contributed by atoms with E-state index in [-0.39, 0.29) is 24.8 Å². The van der Waals surface area contributed by atoms with E-state index in [0.717, 1.165) is 25.7 Å². The number of rotatable bonds is 7. The van der Waals surface area contributed by atoms with Crippen molar-refractivity contribution in [1.29, 1.82) is 0 Å². The molecule has 119 valence electrons. The number of carbonyl (C=O) groups is 1. The van der Waals surface area contributed by atoms with Crippen LogP contribution < -0.4 is 5.32 Å². The first kappa shape index (κ1) is 18.0. The van der Waals surface area contributed by atoms with Gasteiger partial charge in [0.15, 0.2) is 6.17 Å². The number of hydrogen-bond acceptors (Lipinski definition) is 2. The van der Waals surface area contributed by atoms with Crippen molar-refractivity contribution in [3.63, 3.8) is 0 Å². The summed E-state index contributed by atoms with van der Waals surface area (Å²) in [4.78, 5) is 12.1. The SMILES string of the molecule is C[CH]CC(NC(=O)COC1C#CCCCCC1)[N+](C)(C)C. The van der Waals surface area contributed by atoms with Gasteiger partial charge in [-0.05, 0) is 25.7 Å². The highest BCUT2D eigenvalue weighted by Gasteiger charge is 2.24. The van der Waals surface area contributed by atoms with E-state index < -0.39 is 0 Å². The molecule has 0 aromatic carbocycles. The van der Waals surface area contributed by atoms with Crippen LogP contribution in [0.4, 0.5) is 0 Å². The lowest BCUT2D eigenvalue weighted by molar-refractivity contribution is -0.898. The van der Waals surface area contributed by atoms with Crippen LogP contribution in [0.5, 0.6) is 0 Å². The first-order chi connectivity index (χ1) is 9.93. The Kier molecular flexibility index (Phi) is 7.77. The molecular weight excluding hydrogens is 264 g/mol. The van der Waals surface area contributed by atoms with Crippen LogP contribution in [0.25, 0.3) is 0 Å². The Bertz CT molecular complexity index is 376. The van der Waals surface area contributed by atoms with Gasteiger partial charge in [-0.25, -0.2) is 0 Å². The van der Waals surface area contributed by atoms with Crippen molar-refractivity contribution in [1.82, 2.24) is 5.32 Å². The molecule has 0 fully saturated rings. The highest BCUT2D eigenvalue weighted by atomic mass is 16.5. The predicted molar refractivity (Wildman–Crippen MR) is 85.2 cm³/mol. The Hall–Kier alpha value is -1.05. The van der Waals surface area contributed by atoms with Gasteiger partial charge in [0.1, 0.15) is 12.7 Å². The molecule has 4 nitrogen and oxygen atoms in total. The number of hydrogen-bond donors (Lipinski definition) is 1. The molecule has 1 aliphatic rings. The lowest BCUT2D eigenvalue weighted by Crippen LogP contribution is -2.55.